The maximum atomic E-state index is 10.4. The predicted molar refractivity (Wildman–Crippen MR) is 107 cm³/mol. The minimum Gasteiger partial charge on any atom is -0.481 e. The van der Waals surface area contributed by atoms with Crippen molar-refractivity contribution in [2.45, 2.75) is 70.2 Å². The van der Waals surface area contributed by atoms with Gasteiger partial charge in [0, 0.05) is 18.8 Å². The standard InChI is InChI=1S/C22H34O5/c1-2-17(23)14-15-19-18(20(24)16-21(19)25)12-10-8-6-4-3-5-7-9-11-13-22(26)27/h3-4,7-10,14-15,17-21,23-25H,2,5-6,11-13,16H2,1H3,(H,26,27)/b4-3-,9-7-,10-8-,15-14+/t17-,18-,19+,20+,21-/m0/s1. The first kappa shape index (κ1) is 23.3. The second-order valence-corrected chi connectivity index (χ2v) is 7.03. The number of carboxylic acid groups (broad SMARTS) is 1. The van der Waals surface area contributed by atoms with Crippen molar-refractivity contribution >= 4 is 5.97 Å². The first-order valence-corrected chi connectivity index (χ1v) is 9.85. The van der Waals surface area contributed by atoms with Gasteiger partial charge in [-0.15, -0.1) is 0 Å². The van der Waals surface area contributed by atoms with E-state index < -0.39 is 24.3 Å². The highest BCUT2D eigenvalue weighted by Gasteiger charge is 2.39. The number of aliphatic hydroxyl groups is 3. The molecule has 27 heavy (non-hydrogen) atoms. The quantitative estimate of drug-likeness (QED) is 0.390. The highest BCUT2D eigenvalue weighted by atomic mass is 16.4. The fourth-order valence-corrected chi connectivity index (χ4v) is 3.22. The van der Waals surface area contributed by atoms with Gasteiger partial charge in [0.25, 0.3) is 0 Å². The van der Waals surface area contributed by atoms with Crippen molar-refractivity contribution < 1.29 is 25.2 Å². The summed E-state index contributed by atoms with van der Waals surface area (Å²) in [6, 6.07) is 0. The zero-order valence-electron chi connectivity index (χ0n) is 16.2. The molecule has 0 bridgehead atoms. The van der Waals surface area contributed by atoms with E-state index in [0.717, 1.165) is 12.8 Å². The van der Waals surface area contributed by atoms with Crippen molar-refractivity contribution in [1.82, 2.24) is 0 Å². The SMILES string of the molecule is CC[C@H](O)/C=C/[C@@H]1[C@H](C/C=C\C/C=C\C/C=C\CCC(=O)O)[C@H](O)C[C@@H]1O. The summed E-state index contributed by atoms with van der Waals surface area (Å²) in [4.78, 5) is 10.4. The summed E-state index contributed by atoms with van der Waals surface area (Å²) in [5, 5.41) is 38.5. The van der Waals surface area contributed by atoms with Crippen LogP contribution in [0.1, 0.15) is 51.9 Å². The fraction of sp³-hybridized carbons (Fsp3) is 0.591. The molecule has 5 atom stereocenters. The number of carboxylic acids is 1. The van der Waals surface area contributed by atoms with Crippen molar-refractivity contribution in [2.75, 3.05) is 0 Å². The van der Waals surface area contributed by atoms with E-state index in [1.807, 2.05) is 49.5 Å². The molecule has 4 N–H and O–H groups in total. The van der Waals surface area contributed by atoms with Crippen LogP contribution in [0.25, 0.3) is 0 Å². The van der Waals surface area contributed by atoms with E-state index in [1.165, 1.54) is 0 Å². The average Bonchev–Trinajstić information content (AvgIpc) is 2.90. The number of aliphatic hydroxyl groups excluding tert-OH is 3. The van der Waals surface area contributed by atoms with E-state index >= 15 is 0 Å². The van der Waals surface area contributed by atoms with E-state index in [1.54, 1.807) is 6.08 Å². The third-order valence-corrected chi connectivity index (χ3v) is 4.87. The zero-order valence-corrected chi connectivity index (χ0v) is 16.2. The molecule has 1 fully saturated rings. The van der Waals surface area contributed by atoms with Gasteiger partial charge < -0.3 is 20.4 Å². The predicted octanol–water partition coefficient (Wildman–Crippen LogP) is 3.38. The van der Waals surface area contributed by atoms with Crippen LogP contribution in [-0.4, -0.2) is 44.7 Å². The molecule has 0 radical (unpaired) electrons. The highest BCUT2D eigenvalue weighted by Crippen LogP contribution is 2.36. The van der Waals surface area contributed by atoms with E-state index in [0.29, 0.717) is 25.7 Å². The molecule has 0 spiro atoms. The monoisotopic (exact) mass is 378 g/mol. The molecule has 5 nitrogen and oxygen atoms in total. The molecule has 0 aromatic heterocycles. The summed E-state index contributed by atoms with van der Waals surface area (Å²) in [5.74, 6) is -0.936. The number of rotatable bonds is 12. The van der Waals surface area contributed by atoms with Gasteiger partial charge in [0.15, 0.2) is 0 Å². The largest absolute Gasteiger partial charge is 0.481 e. The fourth-order valence-electron chi connectivity index (χ4n) is 3.22. The number of carbonyl (C=O) groups is 1. The summed E-state index contributed by atoms with van der Waals surface area (Å²) in [6.07, 6.45) is 18.0. The summed E-state index contributed by atoms with van der Waals surface area (Å²) in [7, 11) is 0. The lowest BCUT2D eigenvalue weighted by molar-refractivity contribution is -0.136. The molecule has 1 saturated carbocycles. The smallest absolute Gasteiger partial charge is 0.303 e. The Labute approximate surface area is 162 Å². The summed E-state index contributed by atoms with van der Waals surface area (Å²) in [6.45, 7) is 1.90. The van der Waals surface area contributed by atoms with E-state index in [4.69, 9.17) is 5.11 Å². The number of aliphatic carboxylic acids is 1. The van der Waals surface area contributed by atoms with Crippen LogP contribution >= 0.6 is 0 Å². The van der Waals surface area contributed by atoms with Crippen LogP contribution in [0.5, 0.6) is 0 Å². The van der Waals surface area contributed by atoms with Crippen LogP contribution in [0.3, 0.4) is 0 Å². The minimum absolute atomic E-state index is 0.0299. The Morgan fingerprint density at radius 3 is 2.30 bits per heavy atom. The highest BCUT2D eigenvalue weighted by molar-refractivity contribution is 5.66. The Balaban J connectivity index is 2.34. The first-order chi connectivity index (χ1) is 13.0. The molecule has 0 unspecified atom stereocenters. The molecule has 0 amide bonds. The lowest BCUT2D eigenvalue weighted by Gasteiger charge is -2.19. The molecule has 0 aromatic rings. The van der Waals surface area contributed by atoms with Gasteiger partial charge in [-0.25, -0.2) is 0 Å². The van der Waals surface area contributed by atoms with Gasteiger partial charge in [0.2, 0.25) is 0 Å². The lowest BCUT2D eigenvalue weighted by atomic mass is 9.89. The molecule has 0 saturated heterocycles. The van der Waals surface area contributed by atoms with Gasteiger partial charge in [-0.3, -0.25) is 4.79 Å². The van der Waals surface area contributed by atoms with Crippen LogP contribution < -0.4 is 0 Å². The molecule has 152 valence electrons. The Kier molecular flexibility index (Phi) is 11.7. The van der Waals surface area contributed by atoms with Crippen molar-refractivity contribution in [2.24, 2.45) is 11.8 Å². The Morgan fingerprint density at radius 1 is 1.04 bits per heavy atom. The average molecular weight is 379 g/mol. The van der Waals surface area contributed by atoms with Crippen LogP contribution in [0.2, 0.25) is 0 Å². The summed E-state index contributed by atoms with van der Waals surface area (Å²) < 4.78 is 0. The van der Waals surface area contributed by atoms with Crippen molar-refractivity contribution in [3.8, 4) is 0 Å². The van der Waals surface area contributed by atoms with Gasteiger partial charge in [0.05, 0.1) is 18.3 Å². The molecule has 5 heteroatoms. The van der Waals surface area contributed by atoms with Crippen LogP contribution in [-0.2, 0) is 4.79 Å². The molecule has 0 heterocycles. The van der Waals surface area contributed by atoms with Crippen LogP contribution in [0, 0.1) is 11.8 Å². The maximum Gasteiger partial charge on any atom is 0.303 e. The summed E-state index contributed by atoms with van der Waals surface area (Å²) >= 11 is 0. The van der Waals surface area contributed by atoms with Gasteiger partial charge in [-0.05, 0) is 38.0 Å². The Morgan fingerprint density at radius 2 is 1.67 bits per heavy atom. The number of hydrogen-bond acceptors (Lipinski definition) is 4. The van der Waals surface area contributed by atoms with Crippen LogP contribution in [0.15, 0.2) is 48.6 Å². The molecular formula is C22H34O5. The van der Waals surface area contributed by atoms with Crippen molar-refractivity contribution in [3.05, 3.63) is 48.6 Å². The zero-order chi connectivity index (χ0) is 20.1. The normalized spacial score (nSPS) is 27.6. The third-order valence-electron chi connectivity index (χ3n) is 4.87. The maximum absolute atomic E-state index is 10.4. The molecule has 0 aromatic carbocycles. The second-order valence-electron chi connectivity index (χ2n) is 7.03. The van der Waals surface area contributed by atoms with Gasteiger partial charge in [-0.1, -0.05) is 55.5 Å². The first-order valence-electron chi connectivity index (χ1n) is 9.85. The molecule has 1 aliphatic carbocycles. The topological polar surface area (TPSA) is 98.0 Å². The number of allylic oxidation sites excluding steroid dienone is 6. The van der Waals surface area contributed by atoms with Crippen molar-refractivity contribution in [1.29, 1.82) is 0 Å². The minimum atomic E-state index is -0.778. The molecule has 1 aliphatic rings. The Bertz CT molecular complexity index is 535. The van der Waals surface area contributed by atoms with E-state index in [2.05, 4.69) is 0 Å². The molecule has 1 rings (SSSR count). The second kappa shape index (κ2) is 13.5. The van der Waals surface area contributed by atoms with Crippen molar-refractivity contribution in [3.63, 3.8) is 0 Å². The van der Waals surface area contributed by atoms with E-state index in [-0.39, 0.29) is 18.3 Å². The Hall–Kier alpha value is -1.69. The summed E-state index contributed by atoms with van der Waals surface area (Å²) in [5.41, 5.74) is 0. The van der Waals surface area contributed by atoms with Gasteiger partial charge >= 0.3 is 5.97 Å². The molecule has 0 aliphatic heterocycles. The van der Waals surface area contributed by atoms with Gasteiger partial charge in [-0.2, -0.15) is 0 Å². The van der Waals surface area contributed by atoms with Crippen LogP contribution in [0.4, 0.5) is 0 Å². The van der Waals surface area contributed by atoms with E-state index in [9.17, 15) is 20.1 Å². The molecular weight excluding hydrogens is 344 g/mol. The number of hydrogen-bond donors (Lipinski definition) is 4. The van der Waals surface area contributed by atoms with Gasteiger partial charge in [0.1, 0.15) is 0 Å². The third kappa shape index (κ3) is 9.70. The lowest BCUT2D eigenvalue weighted by Crippen LogP contribution is -2.20.